The molecule has 0 bridgehead atoms. The van der Waals surface area contributed by atoms with Crippen molar-refractivity contribution < 1.29 is 33.0 Å². The molecule has 3 aromatic rings. The van der Waals surface area contributed by atoms with Gasteiger partial charge >= 0.3 is 12.1 Å². The predicted molar refractivity (Wildman–Crippen MR) is 122 cm³/mol. The molecule has 0 aliphatic carbocycles. The van der Waals surface area contributed by atoms with E-state index in [4.69, 9.17) is 9.90 Å². The van der Waals surface area contributed by atoms with Crippen molar-refractivity contribution in [3.63, 3.8) is 0 Å². The zero-order valence-electron chi connectivity index (χ0n) is 17.7. The minimum Gasteiger partial charge on any atom is -0.475 e. The van der Waals surface area contributed by atoms with Crippen LogP contribution in [0.2, 0.25) is 0 Å². The molecule has 1 atom stereocenters. The van der Waals surface area contributed by atoms with Gasteiger partial charge in [-0.05, 0) is 48.7 Å². The molecule has 0 unspecified atom stereocenters. The summed E-state index contributed by atoms with van der Waals surface area (Å²) in [6.07, 6.45) is -2.68. The monoisotopic (exact) mass is 542 g/mol. The second-order valence-electron chi connectivity index (χ2n) is 7.67. The van der Waals surface area contributed by atoms with Gasteiger partial charge in [0, 0.05) is 34.7 Å². The highest BCUT2D eigenvalue weighted by Crippen LogP contribution is 2.24. The van der Waals surface area contributed by atoms with Gasteiger partial charge in [-0.1, -0.05) is 28.1 Å². The smallest absolute Gasteiger partial charge is 0.475 e. The van der Waals surface area contributed by atoms with E-state index in [1.54, 1.807) is 17.0 Å². The number of carboxylic acids is 1. The Morgan fingerprint density at radius 3 is 2.35 bits per heavy atom. The zero-order valence-corrected chi connectivity index (χ0v) is 19.3. The lowest BCUT2D eigenvalue weighted by Crippen LogP contribution is -2.44. The Morgan fingerprint density at radius 2 is 1.76 bits per heavy atom. The van der Waals surface area contributed by atoms with Gasteiger partial charge in [-0.25, -0.2) is 4.79 Å². The number of amides is 1. The molecule has 182 valence electrons. The van der Waals surface area contributed by atoms with Crippen molar-refractivity contribution in [2.24, 2.45) is 0 Å². The number of halogens is 4. The van der Waals surface area contributed by atoms with Crippen LogP contribution in [-0.4, -0.2) is 62.5 Å². The first-order valence-corrected chi connectivity index (χ1v) is 11.1. The van der Waals surface area contributed by atoms with Gasteiger partial charge in [0.05, 0.1) is 11.7 Å². The molecular formula is C22H22BrF3N4O4. The van der Waals surface area contributed by atoms with E-state index in [2.05, 4.69) is 37.5 Å². The van der Waals surface area contributed by atoms with E-state index in [0.29, 0.717) is 24.7 Å². The van der Waals surface area contributed by atoms with Crippen LogP contribution in [0.25, 0.3) is 10.9 Å². The molecule has 0 radical (unpaired) electrons. The number of aromatic amines is 1. The Labute approximate surface area is 200 Å². The van der Waals surface area contributed by atoms with Crippen LogP contribution in [0, 0.1) is 0 Å². The average molecular weight is 543 g/mol. The maximum absolute atomic E-state index is 12.6. The lowest BCUT2D eigenvalue weighted by atomic mass is 10.0. The molecule has 1 amide bonds. The number of piperidine rings is 1. The number of nitrogens with one attached hydrogen (secondary N) is 2. The molecule has 4 N–H and O–H groups in total. The molecule has 0 spiro atoms. The minimum absolute atomic E-state index is 0.226. The highest BCUT2D eigenvalue weighted by molar-refractivity contribution is 9.10. The molecule has 4 rings (SSSR count). The number of alkyl halides is 3. The number of hydrogen-bond donors (Lipinski definition) is 4. The molecule has 1 aromatic heterocycles. The van der Waals surface area contributed by atoms with Crippen LogP contribution < -0.4 is 5.32 Å². The van der Waals surface area contributed by atoms with Crippen molar-refractivity contribution in [3.8, 4) is 0 Å². The average Bonchev–Trinajstić information content (AvgIpc) is 3.27. The Hall–Kier alpha value is -3.12. The summed E-state index contributed by atoms with van der Waals surface area (Å²) in [5.74, 6) is -2.98. The molecule has 12 heteroatoms. The SMILES string of the molecule is O=C(O)C(F)(F)F.O=C([C@@H](O)c1ccc(Br)cc1)N1CCC(Nc2ccc3[nH]ncc3c2)CC1. The van der Waals surface area contributed by atoms with Crippen LogP contribution >= 0.6 is 15.9 Å². The third-order valence-corrected chi connectivity index (χ3v) is 5.81. The number of likely N-dealkylation sites (tertiary alicyclic amines) is 1. The van der Waals surface area contributed by atoms with Crippen molar-refractivity contribution in [3.05, 3.63) is 58.7 Å². The second kappa shape index (κ2) is 10.9. The van der Waals surface area contributed by atoms with Crippen molar-refractivity contribution in [2.45, 2.75) is 31.2 Å². The van der Waals surface area contributed by atoms with E-state index in [0.717, 1.165) is 33.9 Å². The number of H-pyrrole nitrogens is 1. The van der Waals surface area contributed by atoms with Gasteiger partial charge in [0.1, 0.15) is 0 Å². The van der Waals surface area contributed by atoms with E-state index >= 15 is 0 Å². The number of aromatic nitrogens is 2. The third-order valence-electron chi connectivity index (χ3n) is 5.28. The van der Waals surface area contributed by atoms with Gasteiger partial charge in [0.15, 0.2) is 6.10 Å². The lowest BCUT2D eigenvalue weighted by molar-refractivity contribution is -0.192. The summed E-state index contributed by atoms with van der Waals surface area (Å²) < 4.78 is 32.7. The number of nitrogens with zero attached hydrogens (tertiary/aromatic N) is 2. The van der Waals surface area contributed by atoms with E-state index in [-0.39, 0.29) is 5.91 Å². The normalized spacial score (nSPS) is 15.4. The number of rotatable bonds is 4. The third kappa shape index (κ3) is 6.70. The Balaban J connectivity index is 0.000000406. The predicted octanol–water partition coefficient (Wildman–Crippen LogP) is 4.10. The highest BCUT2D eigenvalue weighted by Gasteiger charge is 2.38. The summed E-state index contributed by atoms with van der Waals surface area (Å²) in [7, 11) is 0. The number of fused-ring (bicyclic) bond motifs is 1. The van der Waals surface area contributed by atoms with Gasteiger partial charge in [0.25, 0.3) is 5.91 Å². The summed E-state index contributed by atoms with van der Waals surface area (Å²) in [5.41, 5.74) is 2.70. The number of carboxylic acid groups (broad SMARTS) is 1. The van der Waals surface area contributed by atoms with Crippen molar-refractivity contribution in [2.75, 3.05) is 18.4 Å². The van der Waals surface area contributed by atoms with Crippen LogP contribution in [0.4, 0.5) is 18.9 Å². The van der Waals surface area contributed by atoms with Gasteiger partial charge in [-0.3, -0.25) is 9.89 Å². The van der Waals surface area contributed by atoms with Gasteiger partial charge in [0.2, 0.25) is 0 Å². The van der Waals surface area contributed by atoms with Crippen LogP contribution in [0.3, 0.4) is 0 Å². The number of hydrogen-bond acceptors (Lipinski definition) is 5. The number of carbonyl (C=O) groups is 2. The standard InChI is InChI=1S/C20H21BrN4O2.C2HF3O2/c21-15-3-1-13(2-4-15)19(26)20(27)25-9-7-16(8-10-25)23-17-5-6-18-14(11-17)12-22-24-18;3-2(4,5)1(6)7/h1-6,11-12,16,19,23,26H,7-10H2,(H,22,24);(H,6,7)/t19-;/m0./s1. The Kier molecular flexibility index (Phi) is 8.15. The summed E-state index contributed by atoms with van der Waals surface area (Å²) >= 11 is 3.36. The first-order chi connectivity index (χ1) is 16.0. The first kappa shape index (κ1) is 25.5. The first-order valence-electron chi connectivity index (χ1n) is 10.3. The topological polar surface area (TPSA) is 119 Å². The van der Waals surface area contributed by atoms with E-state index < -0.39 is 18.2 Å². The largest absolute Gasteiger partial charge is 0.490 e. The second-order valence-corrected chi connectivity index (χ2v) is 8.59. The number of carbonyl (C=O) groups excluding carboxylic acids is 1. The number of anilines is 1. The maximum Gasteiger partial charge on any atom is 0.490 e. The van der Waals surface area contributed by atoms with E-state index in [1.165, 1.54) is 0 Å². The van der Waals surface area contributed by atoms with Gasteiger partial charge < -0.3 is 20.4 Å². The molecule has 1 fully saturated rings. The number of aliphatic hydroxyl groups is 1. The summed E-state index contributed by atoms with van der Waals surface area (Å²) in [6, 6.07) is 13.6. The number of aliphatic hydroxyl groups excluding tert-OH is 1. The minimum atomic E-state index is -5.08. The molecular weight excluding hydrogens is 521 g/mol. The molecule has 8 nitrogen and oxygen atoms in total. The van der Waals surface area contributed by atoms with Crippen LogP contribution in [0.15, 0.2) is 53.1 Å². The molecule has 0 saturated carbocycles. The molecule has 2 heterocycles. The fourth-order valence-corrected chi connectivity index (χ4v) is 3.74. The van der Waals surface area contributed by atoms with Crippen LogP contribution in [0.5, 0.6) is 0 Å². The number of benzene rings is 2. The summed E-state index contributed by atoms with van der Waals surface area (Å²) in [6.45, 7) is 1.27. The molecule has 34 heavy (non-hydrogen) atoms. The summed E-state index contributed by atoms with van der Waals surface area (Å²) in [5, 5.41) is 29.1. The molecule has 2 aromatic carbocycles. The van der Waals surface area contributed by atoms with Crippen molar-refractivity contribution >= 4 is 44.4 Å². The van der Waals surface area contributed by atoms with Crippen molar-refractivity contribution in [1.82, 2.24) is 15.1 Å². The lowest BCUT2D eigenvalue weighted by Gasteiger charge is -2.34. The van der Waals surface area contributed by atoms with Gasteiger partial charge in [-0.2, -0.15) is 18.3 Å². The van der Waals surface area contributed by atoms with E-state index in [1.807, 2.05) is 30.5 Å². The fourth-order valence-electron chi connectivity index (χ4n) is 3.47. The summed E-state index contributed by atoms with van der Waals surface area (Å²) in [4.78, 5) is 23.2. The molecule has 1 saturated heterocycles. The highest BCUT2D eigenvalue weighted by atomic mass is 79.9. The Morgan fingerprint density at radius 1 is 1.15 bits per heavy atom. The molecule has 1 aliphatic heterocycles. The van der Waals surface area contributed by atoms with Crippen molar-refractivity contribution in [1.29, 1.82) is 0 Å². The molecule has 1 aliphatic rings. The van der Waals surface area contributed by atoms with E-state index in [9.17, 15) is 23.1 Å². The number of aliphatic carboxylic acids is 1. The quantitative estimate of drug-likeness (QED) is 0.394. The van der Waals surface area contributed by atoms with Crippen LogP contribution in [-0.2, 0) is 9.59 Å². The zero-order chi connectivity index (χ0) is 24.9. The Bertz CT molecular complexity index is 1130. The van der Waals surface area contributed by atoms with Crippen LogP contribution in [0.1, 0.15) is 24.5 Å². The maximum atomic E-state index is 12.6. The fraction of sp³-hybridized carbons (Fsp3) is 0.318. The van der Waals surface area contributed by atoms with Gasteiger partial charge in [-0.15, -0.1) is 0 Å².